The first kappa shape index (κ1) is 16.7. The number of hydrogen-bond acceptors (Lipinski definition) is 3. The quantitative estimate of drug-likeness (QED) is 0.865. The summed E-state index contributed by atoms with van der Waals surface area (Å²) in [6, 6.07) is 13.6. The van der Waals surface area contributed by atoms with Gasteiger partial charge in [-0.1, -0.05) is 40.2 Å². The van der Waals surface area contributed by atoms with Crippen molar-refractivity contribution in [3.63, 3.8) is 0 Å². The molecule has 2 aromatic carbocycles. The van der Waals surface area contributed by atoms with Crippen LogP contribution in [0, 0.1) is 0 Å². The van der Waals surface area contributed by atoms with Gasteiger partial charge in [0.1, 0.15) is 0 Å². The number of amides is 1. The van der Waals surface area contributed by atoms with Crippen molar-refractivity contribution in [2.75, 3.05) is 7.05 Å². The first-order chi connectivity index (χ1) is 10.4. The number of halogens is 1. The SMILES string of the molecule is CNC(=O)Cc1ccc(CS(=O)(=O)c2ccc(Br)cc2)cc1. The molecule has 0 aliphatic carbocycles. The van der Waals surface area contributed by atoms with Crippen molar-refractivity contribution in [3.8, 4) is 0 Å². The first-order valence-corrected chi connectivity index (χ1v) is 9.12. The largest absolute Gasteiger partial charge is 0.359 e. The molecule has 0 aromatic heterocycles. The van der Waals surface area contributed by atoms with E-state index in [2.05, 4.69) is 21.2 Å². The van der Waals surface area contributed by atoms with Gasteiger partial charge in [-0.25, -0.2) is 8.42 Å². The van der Waals surface area contributed by atoms with E-state index in [0.717, 1.165) is 10.0 Å². The second kappa shape index (κ2) is 7.07. The predicted octanol–water partition coefficient (Wildman–Crippen LogP) is 2.71. The minimum Gasteiger partial charge on any atom is -0.359 e. The van der Waals surface area contributed by atoms with Gasteiger partial charge in [0.15, 0.2) is 9.84 Å². The molecule has 0 radical (unpaired) electrons. The molecule has 0 saturated heterocycles. The third kappa shape index (κ3) is 4.42. The summed E-state index contributed by atoms with van der Waals surface area (Å²) in [7, 11) is -1.79. The Labute approximate surface area is 138 Å². The molecule has 0 atom stereocenters. The van der Waals surface area contributed by atoms with Gasteiger partial charge in [-0.3, -0.25) is 4.79 Å². The fraction of sp³-hybridized carbons (Fsp3) is 0.188. The van der Waals surface area contributed by atoms with Gasteiger partial charge in [0.2, 0.25) is 5.91 Å². The molecule has 22 heavy (non-hydrogen) atoms. The van der Waals surface area contributed by atoms with Crippen LogP contribution in [0.4, 0.5) is 0 Å². The zero-order valence-corrected chi connectivity index (χ0v) is 14.4. The van der Waals surface area contributed by atoms with Crippen molar-refractivity contribution in [3.05, 3.63) is 64.1 Å². The zero-order chi connectivity index (χ0) is 16.2. The van der Waals surface area contributed by atoms with Crippen LogP contribution in [-0.2, 0) is 26.8 Å². The van der Waals surface area contributed by atoms with Crippen molar-refractivity contribution in [2.45, 2.75) is 17.1 Å². The molecule has 0 aliphatic heterocycles. The van der Waals surface area contributed by atoms with E-state index in [0.29, 0.717) is 10.5 Å². The van der Waals surface area contributed by atoms with Crippen molar-refractivity contribution in [2.24, 2.45) is 0 Å². The number of hydrogen-bond donors (Lipinski definition) is 1. The summed E-state index contributed by atoms with van der Waals surface area (Å²) in [6.07, 6.45) is 0.288. The smallest absolute Gasteiger partial charge is 0.224 e. The zero-order valence-electron chi connectivity index (χ0n) is 12.0. The normalized spacial score (nSPS) is 11.2. The topological polar surface area (TPSA) is 63.2 Å². The third-order valence-electron chi connectivity index (χ3n) is 3.20. The Bertz CT molecular complexity index is 753. The van der Waals surface area contributed by atoms with Crippen LogP contribution in [-0.4, -0.2) is 21.4 Å². The van der Waals surface area contributed by atoms with Crippen LogP contribution < -0.4 is 5.32 Å². The van der Waals surface area contributed by atoms with Crippen LogP contribution in [0.2, 0.25) is 0 Å². The number of carbonyl (C=O) groups excluding carboxylic acids is 1. The Hall–Kier alpha value is -1.66. The lowest BCUT2D eigenvalue weighted by molar-refractivity contribution is -0.119. The standard InChI is InChI=1S/C16H16BrNO3S/c1-18-16(19)10-12-2-4-13(5-3-12)11-22(20,21)15-8-6-14(17)7-9-15/h2-9H,10-11H2,1H3,(H,18,19). The molecule has 1 N–H and O–H groups in total. The molecule has 0 heterocycles. The molecular formula is C16H16BrNO3S. The molecule has 116 valence electrons. The Morgan fingerprint density at radius 2 is 1.55 bits per heavy atom. The average Bonchev–Trinajstić information content (AvgIpc) is 2.49. The predicted molar refractivity (Wildman–Crippen MR) is 89.2 cm³/mol. The molecule has 0 unspecified atom stereocenters. The Kier molecular flexibility index (Phi) is 5.37. The van der Waals surface area contributed by atoms with Crippen LogP contribution in [0.25, 0.3) is 0 Å². The van der Waals surface area contributed by atoms with Crippen molar-refractivity contribution >= 4 is 31.7 Å². The maximum atomic E-state index is 12.3. The van der Waals surface area contributed by atoms with E-state index in [1.807, 2.05) is 0 Å². The highest BCUT2D eigenvalue weighted by Gasteiger charge is 2.15. The van der Waals surface area contributed by atoms with Crippen LogP contribution in [0.15, 0.2) is 57.9 Å². The minimum absolute atomic E-state index is 0.0606. The maximum Gasteiger partial charge on any atom is 0.224 e. The third-order valence-corrected chi connectivity index (χ3v) is 5.43. The van der Waals surface area contributed by atoms with Gasteiger partial charge in [-0.2, -0.15) is 0 Å². The summed E-state index contributed by atoms with van der Waals surface area (Å²) in [6.45, 7) is 0. The van der Waals surface area contributed by atoms with Gasteiger partial charge in [0, 0.05) is 11.5 Å². The highest BCUT2D eigenvalue weighted by molar-refractivity contribution is 9.10. The fourth-order valence-corrected chi connectivity index (χ4v) is 3.58. The van der Waals surface area contributed by atoms with Crippen molar-refractivity contribution in [1.29, 1.82) is 0 Å². The average molecular weight is 382 g/mol. The lowest BCUT2D eigenvalue weighted by atomic mass is 10.1. The summed E-state index contributed by atoms with van der Waals surface area (Å²) in [5, 5.41) is 2.55. The molecule has 2 aromatic rings. The Balaban J connectivity index is 2.13. The number of nitrogens with one attached hydrogen (secondary N) is 1. The Morgan fingerprint density at radius 1 is 1.00 bits per heavy atom. The molecule has 2 rings (SSSR count). The molecule has 0 saturated carbocycles. The highest BCUT2D eigenvalue weighted by Crippen LogP contribution is 2.19. The summed E-state index contributed by atoms with van der Waals surface area (Å²) in [4.78, 5) is 11.6. The number of rotatable bonds is 5. The Morgan fingerprint density at radius 3 is 2.09 bits per heavy atom. The number of benzene rings is 2. The molecule has 0 aliphatic rings. The summed E-state index contributed by atoms with van der Waals surface area (Å²) < 4.78 is 25.5. The number of carbonyl (C=O) groups is 1. The van der Waals surface area contributed by atoms with Gasteiger partial charge in [0.25, 0.3) is 0 Å². The fourth-order valence-electron chi connectivity index (χ4n) is 1.97. The van der Waals surface area contributed by atoms with Crippen molar-refractivity contribution < 1.29 is 13.2 Å². The van der Waals surface area contributed by atoms with Crippen LogP contribution in [0.3, 0.4) is 0 Å². The summed E-state index contributed by atoms with van der Waals surface area (Å²) in [5.74, 6) is -0.134. The van der Waals surface area contributed by atoms with E-state index in [1.165, 1.54) is 0 Å². The second-order valence-corrected chi connectivity index (χ2v) is 7.78. The molecule has 6 heteroatoms. The van der Waals surface area contributed by atoms with Gasteiger partial charge < -0.3 is 5.32 Å². The molecule has 0 fully saturated rings. The van der Waals surface area contributed by atoms with E-state index in [9.17, 15) is 13.2 Å². The first-order valence-electron chi connectivity index (χ1n) is 6.67. The van der Waals surface area contributed by atoms with E-state index < -0.39 is 9.84 Å². The number of sulfone groups is 1. The summed E-state index contributed by atoms with van der Waals surface area (Å²) >= 11 is 3.28. The maximum absolute atomic E-state index is 12.3. The number of likely N-dealkylation sites (N-methyl/N-ethyl adjacent to an activating group) is 1. The van der Waals surface area contributed by atoms with Crippen molar-refractivity contribution in [1.82, 2.24) is 5.32 Å². The lowest BCUT2D eigenvalue weighted by Crippen LogP contribution is -2.19. The summed E-state index contributed by atoms with van der Waals surface area (Å²) in [5.41, 5.74) is 1.55. The molecule has 0 bridgehead atoms. The van der Waals surface area contributed by atoms with E-state index in [-0.39, 0.29) is 18.1 Å². The van der Waals surface area contributed by atoms with E-state index in [4.69, 9.17) is 0 Å². The monoisotopic (exact) mass is 381 g/mol. The minimum atomic E-state index is -3.37. The molecule has 0 spiro atoms. The van der Waals surface area contributed by atoms with Crippen LogP contribution in [0.1, 0.15) is 11.1 Å². The highest BCUT2D eigenvalue weighted by atomic mass is 79.9. The molecule has 1 amide bonds. The second-order valence-electron chi connectivity index (χ2n) is 4.88. The van der Waals surface area contributed by atoms with E-state index in [1.54, 1.807) is 55.6 Å². The van der Waals surface area contributed by atoms with Gasteiger partial charge in [-0.15, -0.1) is 0 Å². The van der Waals surface area contributed by atoms with Gasteiger partial charge in [0.05, 0.1) is 17.1 Å². The van der Waals surface area contributed by atoms with Crippen LogP contribution >= 0.6 is 15.9 Å². The molecule has 4 nitrogen and oxygen atoms in total. The van der Waals surface area contributed by atoms with Crippen LogP contribution in [0.5, 0.6) is 0 Å². The van der Waals surface area contributed by atoms with Gasteiger partial charge in [-0.05, 0) is 35.4 Å². The molecular weight excluding hydrogens is 366 g/mol. The van der Waals surface area contributed by atoms with Gasteiger partial charge >= 0.3 is 0 Å². The van der Waals surface area contributed by atoms with E-state index >= 15 is 0 Å². The lowest BCUT2D eigenvalue weighted by Gasteiger charge is -2.06.